The molecule has 6 unspecified atom stereocenters. The van der Waals surface area contributed by atoms with E-state index in [1.807, 2.05) is 0 Å². The molecule has 0 radical (unpaired) electrons. The number of hydrogen-bond acceptors (Lipinski definition) is 14. The maximum Gasteiger partial charge on any atom is 0.302 e. The summed E-state index contributed by atoms with van der Waals surface area (Å²) in [6.45, 7) is -0.267. The van der Waals surface area contributed by atoms with Crippen molar-refractivity contribution in [1.29, 1.82) is 0 Å². The first-order chi connectivity index (χ1) is 23.6. The summed E-state index contributed by atoms with van der Waals surface area (Å²) in [5, 5.41) is 44.1. The van der Waals surface area contributed by atoms with E-state index in [0.717, 1.165) is 0 Å². The topological polar surface area (TPSA) is 226 Å². The zero-order valence-corrected chi connectivity index (χ0v) is 25.3. The number of phenols is 1. The average molecular weight is 666 g/mol. The number of hydrogen-bond donors (Lipinski definition) is 5. The van der Waals surface area contributed by atoms with Gasteiger partial charge in [-0.1, -0.05) is 42.5 Å². The lowest BCUT2D eigenvalue weighted by Crippen LogP contribution is -2.60. The zero-order valence-electron chi connectivity index (χ0n) is 25.3. The maximum absolute atomic E-state index is 13.9. The van der Waals surface area contributed by atoms with Gasteiger partial charge in [0.1, 0.15) is 37.7 Å². The number of fused-ring (bicyclic) bond motifs is 6. The van der Waals surface area contributed by atoms with Crippen molar-refractivity contribution in [3.8, 4) is 11.5 Å². The summed E-state index contributed by atoms with van der Waals surface area (Å²) < 4.78 is 17.7. The van der Waals surface area contributed by atoms with Crippen molar-refractivity contribution < 1.29 is 49.0 Å². The molecular formula is C34H27N5O10. The highest BCUT2D eigenvalue weighted by Crippen LogP contribution is 2.48. The second kappa shape index (κ2) is 11.5. The number of nitrogens with zero attached hydrogens (tertiary/aromatic N) is 4. The van der Waals surface area contributed by atoms with Crippen LogP contribution in [0.4, 0.5) is 5.69 Å². The monoisotopic (exact) mass is 665 g/mol. The van der Waals surface area contributed by atoms with Crippen LogP contribution in [0.15, 0.2) is 81.9 Å². The fourth-order valence-corrected chi connectivity index (χ4v) is 6.68. The number of benzene rings is 3. The van der Waals surface area contributed by atoms with E-state index in [2.05, 4.69) is 15.0 Å². The SMILES string of the molecule is NC1=NC(=O)C2=NCN(c3ccccc3C3C=COCC4OC(Oc5c3cc3c(c5O)C(=O)c5ccccc5C3=O)C(O)C(O)C4O)C2=N1. The number of amides is 1. The van der Waals surface area contributed by atoms with Crippen molar-refractivity contribution in [3.05, 3.63) is 100 Å². The van der Waals surface area contributed by atoms with Crippen molar-refractivity contribution in [1.82, 2.24) is 0 Å². The first kappa shape index (κ1) is 30.6. The standard InChI is InChI=1S/C34H27N5O10/c35-34-37-31-23(32(46)38-34)36-13-39(31)20-8-4-3-5-15(20)14-9-10-47-12-21-26(42)28(44)29(45)33(48-21)49-30-18(14)11-19-22(27(30)43)25(41)17-7-2-1-6-16(17)24(19)40/h1-11,14,21,26,28-29,33,42-45H,12-13H2,(H2,35,38,46). The van der Waals surface area contributed by atoms with Gasteiger partial charge in [0.05, 0.1) is 11.8 Å². The van der Waals surface area contributed by atoms with Crippen LogP contribution in [0.5, 0.6) is 11.5 Å². The molecule has 4 aliphatic heterocycles. The summed E-state index contributed by atoms with van der Waals surface area (Å²) in [5.41, 5.74) is 6.87. The van der Waals surface area contributed by atoms with Gasteiger partial charge < -0.3 is 45.3 Å². The number of rotatable bonds is 2. The number of carbonyl (C=O) groups excluding carboxylic acids is 3. The molecule has 3 aromatic rings. The lowest BCUT2D eigenvalue weighted by atomic mass is 9.79. The predicted octanol–water partition coefficient (Wildman–Crippen LogP) is 0.502. The minimum Gasteiger partial charge on any atom is -0.504 e. The second-order valence-corrected chi connectivity index (χ2v) is 11.9. The van der Waals surface area contributed by atoms with Gasteiger partial charge in [-0.3, -0.25) is 19.4 Å². The number of carbonyl (C=O) groups is 3. The molecule has 5 aliphatic rings. The number of guanidine groups is 1. The summed E-state index contributed by atoms with van der Waals surface area (Å²) >= 11 is 0. The number of anilines is 1. The molecule has 49 heavy (non-hydrogen) atoms. The lowest BCUT2D eigenvalue weighted by Gasteiger charge is -2.40. The van der Waals surface area contributed by atoms with Crippen LogP contribution in [-0.2, 0) is 14.3 Å². The van der Waals surface area contributed by atoms with E-state index < -0.39 is 59.8 Å². The van der Waals surface area contributed by atoms with Crippen LogP contribution >= 0.6 is 0 Å². The highest BCUT2D eigenvalue weighted by atomic mass is 16.7. The van der Waals surface area contributed by atoms with Crippen LogP contribution < -0.4 is 15.4 Å². The Morgan fingerprint density at radius 1 is 0.857 bits per heavy atom. The van der Waals surface area contributed by atoms with Gasteiger partial charge in [-0.25, -0.2) is 0 Å². The number of aromatic hydroxyl groups is 1. The molecule has 8 rings (SSSR count). The number of allylic oxidation sites excluding steroid dienone is 1. The second-order valence-electron chi connectivity index (χ2n) is 11.9. The summed E-state index contributed by atoms with van der Waals surface area (Å²) in [6, 6.07) is 14.7. The van der Waals surface area contributed by atoms with Crippen molar-refractivity contribution >= 4 is 40.7 Å². The van der Waals surface area contributed by atoms with Gasteiger partial charge in [0.15, 0.2) is 34.6 Å². The molecule has 3 aromatic carbocycles. The first-order valence-corrected chi connectivity index (χ1v) is 15.3. The zero-order chi connectivity index (χ0) is 34.1. The van der Waals surface area contributed by atoms with E-state index in [1.165, 1.54) is 24.5 Å². The average Bonchev–Trinajstić information content (AvgIpc) is 3.51. The number of para-hydroxylation sites is 1. The highest BCUT2D eigenvalue weighted by Gasteiger charge is 2.47. The molecule has 6 N–H and O–H groups in total. The number of phenolic OH excluding ortho intramolecular Hbond substituents is 1. The van der Waals surface area contributed by atoms with Gasteiger partial charge in [0, 0.05) is 33.9 Å². The number of ketones is 2. The van der Waals surface area contributed by atoms with E-state index in [-0.39, 0.29) is 64.3 Å². The Labute approximate surface area is 276 Å². The Kier molecular flexibility index (Phi) is 7.15. The summed E-state index contributed by atoms with van der Waals surface area (Å²) in [4.78, 5) is 54.2. The van der Waals surface area contributed by atoms with Gasteiger partial charge in [-0.05, 0) is 23.8 Å². The fourth-order valence-electron chi connectivity index (χ4n) is 6.68. The number of aliphatic hydroxyl groups is 3. The predicted molar refractivity (Wildman–Crippen MR) is 171 cm³/mol. The van der Waals surface area contributed by atoms with Crippen LogP contribution in [0.1, 0.15) is 48.9 Å². The molecule has 1 aliphatic carbocycles. The minimum absolute atomic E-state index is 0.00517. The number of nitrogens with two attached hydrogens (primary N) is 1. The number of amidine groups is 1. The third-order valence-electron chi connectivity index (χ3n) is 9.08. The van der Waals surface area contributed by atoms with Gasteiger partial charge in [0.25, 0.3) is 0 Å². The summed E-state index contributed by atoms with van der Waals surface area (Å²) in [6.07, 6.45) is -4.93. The van der Waals surface area contributed by atoms with Gasteiger partial charge in [-0.15, -0.1) is 0 Å². The third kappa shape index (κ3) is 4.74. The van der Waals surface area contributed by atoms with Crippen LogP contribution in [-0.4, -0.2) is 99.4 Å². The molecule has 0 aromatic heterocycles. The van der Waals surface area contributed by atoms with Gasteiger partial charge in [-0.2, -0.15) is 9.98 Å². The Bertz CT molecular complexity index is 2090. The lowest BCUT2D eigenvalue weighted by molar-refractivity contribution is -0.277. The molecule has 248 valence electrons. The maximum atomic E-state index is 13.9. The molecule has 0 saturated carbocycles. The van der Waals surface area contributed by atoms with Crippen LogP contribution in [0.25, 0.3) is 0 Å². The van der Waals surface area contributed by atoms with Crippen LogP contribution in [0.3, 0.4) is 0 Å². The minimum atomic E-state index is -1.79. The van der Waals surface area contributed by atoms with E-state index in [9.17, 15) is 34.8 Å². The van der Waals surface area contributed by atoms with E-state index in [0.29, 0.717) is 11.3 Å². The summed E-state index contributed by atoms with van der Waals surface area (Å²) in [5.74, 6) is -3.77. The Hall–Kier alpha value is -5.74. The van der Waals surface area contributed by atoms with Crippen molar-refractivity contribution in [2.24, 2.45) is 20.7 Å². The molecular weight excluding hydrogens is 638 g/mol. The fraction of sp³-hybridized carbons (Fsp3) is 0.235. The molecule has 4 heterocycles. The Morgan fingerprint density at radius 3 is 2.39 bits per heavy atom. The molecule has 15 heteroatoms. The van der Waals surface area contributed by atoms with Crippen LogP contribution in [0, 0.1) is 0 Å². The third-order valence-corrected chi connectivity index (χ3v) is 9.08. The summed E-state index contributed by atoms with van der Waals surface area (Å²) in [7, 11) is 0. The molecule has 0 spiro atoms. The smallest absolute Gasteiger partial charge is 0.302 e. The normalized spacial score (nSPS) is 27.3. The van der Waals surface area contributed by atoms with Gasteiger partial charge in [0.2, 0.25) is 12.2 Å². The van der Waals surface area contributed by atoms with E-state index in [4.69, 9.17) is 19.9 Å². The largest absolute Gasteiger partial charge is 0.504 e. The molecule has 1 amide bonds. The number of aliphatic hydroxyl groups excluding tert-OH is 3. The molecule has 6 atom stereocenters. The number of ether oxygens (including phenoxy) is 3. The van der Waals surface area contributed by atoms with Gasteiger partial charge >= 0.3 is 5.91 Å². The molecule has 15 nitrogen and oxygen atoms in total. The van der Waals surface area contributed by atoms with Crippen molar-refractivity contribution in [2.45, 2.75) is 36.6 Å². The molecule has 2 bridgehead atoms. The van der Waals surface area contributed by atoms with Crippen molar-refractivity contribution in [2.75, 3.05) is 18.2 Å². The quantitative estimate of drug-likeness (QED) is 0.197. The van der Waals surface area contributed by atoms with E-state index >= 15 is 0 Å². The van der Waals surface area contributed by atoms with Crippen LogP contribution in [0.2, 0.25) is 0 Å². The Morgan fingerprint density at radius 2 is 1.59 bits per heavy atom. The number of aliphatic imine (C=N–C) groups is 3. The Balaban J connectivity index is 1.35. The molecule has 1 fully saturated rings. The highest BCUT2D eigenvalue weighted by molar-refractivity contribution is 6.72. The van der Waals surface area contributed by atoms with Crippen molar-refractivity contribution in [3.63, 3.8) is 0 Å². The molecule has 1 saturated heterocycles. The first-order valence-electron chi connectivity index (χ1n) is 15.3. The van der Waals surface area contributed by atoms with E-state index in [1.54, 1.807) is 47.4 Å².